The number of Topliss-reactive ketones (excluding diaryl/α,β-unsaturated/α-hetero) is 1. The summed E-state index contributed by atoms with van der Waals surface area (Å²) in [6.45, 7) is 1.39. The Morgan fingerprint density at radius 1 is 1.36 bits per heavy atom. The highest BCUT2D eigenvalue weighted by molar-refractivity contribution is 6.31. The van der Waals surface area contributed by atoms with Crippen LogP contribution in [0.15, 0.2) is 12.1 Å². The summed E-state index contributed by atoms with van der Waals surface area (Å²) in [5, 5.41) is -0.230. The molecule has 0 bridgehead atoms. The van der Waals surface area contributed by atoms with Crippen molar-refractivity contribution in [2.24, 2.45) is 0 Å². The van der Waals surface area contributed by atoms with Crippen LogP contribution in [0, 0.1) is 11.6 Å². The van der Waals surface area contributed by atoms with Crippen molar-refractivity contribution >= 4 is 17.4 Å². The van der Waals surface area contributed by atoms with Crippen LogP contribution in [0.25, 0.3) is 0 Å². The Kier molecular flexibility index (Phi) is 3.58. The van der Waals surface area contributed by atoms with Crippen molar-refractivity contribution in [3.05, 3.63) is 34.4 Å². The molecule has 1 rings (SSSR count). The molecule has 0 aliphatic rings. The monoisotopic (exact) mass is 218 g/mol. The van der Waals surface area contributed by atoms with Gasteiger partial charge in [0.25, 0.3) is 0 Å². The molecule has 0 amide bonds. The zero-order chi connectivity index (χ0) is 10.7. The molecule has 0 heterocycles. The van der Waals surface area contributed by atoms with Gasteiger partial charge in [-0.05, 0) is 25.5 Å². The van der Waals surface area contributed by atoms with Crippen LogP contribution in [0.4, 0.5) is 8.78 Å². The number of hydrogen-bond donors (Lipinski definition) is 0. The molecule has 0 aliphatic heterocycles. The number of ketones is 1. The first-order valence-corrected chi connectivity index (χ1v) is 4.52. The van der Waals surface area contributed by atoms with Gasteiger partial charge in [0.1, 0.15) is 17.4 Å². The Bertz CT molecular complexity index is 363. The highest BCUT2D eigenvalue weighted by Crippen LogP contribution is 2.23. The molecule has 0 aromatic heterocycles. The predicted molar refractivity (Wildman–Crippen MR) is 50.4 cm³/mol. The van der Waals surface area contributed by atoms with E-state index < -0.39 is 11.6 Å². The van der Waals surface area contributed by atoms with E-state index in [1.165, 1.54) is 6.92 Å². The van der Waals surface area contributed by atoms with Crippen LogP contribution < -0.4 is 0 Å². The molecule has 1 aromatic rings. The quantitative estimate of drug-likeness (QED) is 0.713. The third kappa shape index (κ3) is 2.51. The minimum absolute atomic E-state index is 0.0712. The van der Waals surface area contributed by atoms with Gasteiger partial charge in [-0.2, -0.15) is 0 Å². The van der Waals surface area contributed by atoms with Crippen molar-refractivity contribution in [2.45, 2.75) is 19.8 Å². The van der Waals surface area contributed by atoms with Crippen molar-refractivity contribution in [1.82, 2.24) is 0 Å². The number of carbonyl (C=O) groups is 1. The van der Waals surface area contributed by atoms with E-state index in [4.69, 9.17) is 11.6 Å². The second kappa shape index (κ2) is 4.51. The number of rotatable bonds is 3. The highest BCUT2D eigenvalue weighted by atomic mass is 35.5. The highest BCUT2D eigenvalue weighted by Gasteiger charge is 2.12. The number of halogens is 3. The summed E-state index contributed by atoms with van der Waals surface area (Å²) in [5.74, 6) is -1.31. The summed E-state index contributed by atoms with van der Waals surface area (Å²) >= 11 is 5.56. The zero-order valence-electron chi connectivity index (χ0n) is 7.61. The van der Waals surface area contributed by atoms with E-state index in [2.05, 4.69) is 0 Å². The number of hydrogen-bond acceptors (Lipinski definition) is 1. The molecule has 0 saturated heterocycles. The Labute approximate surface area is 85.7 Å². The molecule has 0 N–H and O–H groups in total. The average Bonchev–Trinajstić information content (AvgIpc) is 2.11. The van der Waals surface area contributed by atoms with Gasteiger partial charge in [0, 0.05) is 12.0 Å². The lowest BCUT2D eigenvalue weighted by atomic mass is 10.1. The summed E-state index contributed by atoms with van der Waals surface area (Å²) in [7, 11) is 0. The molecule has 14 heavy (non-hydrogen) atoms. The standard InChI is InChI=1S/C10H9ClF2O/c1-6(14)2-3-7-8(12)4-5-9(13)10(7)11/h4-5H,2-3H2,1H3. The maximum absolute atomic E-state index is 13.1. The summed E-state index contributed by atoms with van der Waals surface area (Å²) in [6.07, 6.45) is 0.303. The van der Waals surface area contributed by atoms with E-state index in [-0.39, 0.29) is 29.2 Å². The van der Waals surface area contributed by atoms with Gasteiger partial charge in [-0.1, -0.05) is 11.6 Å². The smallest absolute Gasteiger partial charge is 0.142 e. The Balaban J connectivity index is 2.95. The average molecular weight is 219 g/mol. The second-order valence-electron chi connectivity index (χ2n) is 3.02. The number of carbonyl (C=O) groups excluding carboxylic acids is 1. The molecular formula is C10H9ClF2O. The predicted octanol–water partition coefficient (Wildman–Crippen LogP) is 3.14. The van der Waals surface area contributed by atoms with Crippen LogP contribution in [0.1, 0.15) is 18.9 Å². The lowest BCUT2D eigenvalue weighted by Crippen LogP contribution is -1.99. The molecule has 0 spiro atoms. The fraction of sp³-hybridized carbons (Fsp3) is 0.300. The summed E-state index contributed by atoms with van der Waals surface area (Å²) < 4.78 is 26.0. The molecule has 76 valence electrons. The summed E-state index contributed by atoms with van der Waals surface area (Å²) in [5.41, 5.74) is 0.0712. The maximum atomic E-state index is 13.1. The van der Waals surface area contributed by atoms with Crippen LogP contribution in [0.3, 0.4) is 0 Å². The van der Waals surface area contributed by atoms with Gasteiger partial charge >= 0.3 is 0 Å². The normalized spacial score (nSPS) is 10.3. The van der Waals surface area contributed by atoms with E-state index in [0.29, 0.717) is 0 Å². The Morgan fingerprint density at radius 2 is 1.93 bits per heavy atom. The molecule has 0 atom stereocenters. The molecule has 0 radical (unpaired) electrons. The molecule has 4 heteroatoms. The minimum Gasteiger partial charge on any atom is -0.300 e. The summed E-state index contributed by atoms with van der Waals surface area (Å²) in [6, 6.07) is 1.98. The van der Waals surface area contributed by atoms with Crippen LogP contribution in [-0.4, -0.2) is 5.78 Å². The maximum Gasteiger partial charge on any atom is 0.142 e. The lowest BCUT2D eigenvalue weighted by molar-refractivity contribution is -0.116. The van der Waals surface area contributed by atoms with Crippen molar-refractivity contribution in [3.63, 3.8) is 0 Å². The molecule has 0 unspecified atom stereocenters. The Hall–Kier alpha value is -0.960. The first kappa shape index (κ1) is 11.1. The van der Waals surface area contributed by atoms with Gasteiger partial charge in [-0.15, -0.1) is 0 Å². The number of benzene rings is 1. The Morgan fingerprint density at radius 3 is 2.50 bits per heavy atom. The van der Waals surface area contributed by atoms with Crippen molar-refractivity contribution in [1.29, 1.82) is 0 Å². The van der Waals surface area contributed by atoms with Gasteiger partial charge in [0.15, 0.2) is 0 Å². The van der Waals surface area contributed by atoms with Crippen LogP contribution in [-0.2, 0) is 11.2 Å². The van der Waals surface area contributed by atoms with E-state index in [0.717, 1.165) is 12.1 Å². The molecular weight excluding hydrogens is 210 g/mol. The first-order chi connectivity index (χ1) is 6.52. The van der Waals surface area contributed by atoms with Gasteiger partial charge in [0.05, 0.1) is 5.02 Å². The zero-order valence-corrected chi connectivity index (χ0v) is 8.37. The summed E-state index contributed by atoms with van der Waals surface area (Å²) in [4.78, 5) is 10.7. The van der Waals surface area contributed by atoms with E-state index in [1.54, 1.807) is 0 Å². The first-order valence-electron chi connectivity index (χ1n) is 4.14. The van der Waals surface area contributed by atoms with Crippen LogP contribution in [0.5, 0.6) is 0 Å². The fourth-order valence-electron chi connectivity index (χ4n) is 1.10. The van der Waals surface area contributed by atoms with E-state index >= 15 is 0 Å². The van der Waals surface area contributed by atoms with Gasteiger partial charge in [-0.3, -0.25) is 0 Å². The van der Waals surface area contributed by atoms with Crippen molar-refractivity contribution in [2.75, 3.05) is 0 Å². The van der Waals surface area contributed by atoms with Crippen LogP contribution in [0.2, 0.25) is 5.02 Å². The molecule has 0 fully saturated rings. The van der Waals surface area contributed by atoms with Crippen LogP contribution >= 0.6 is 11.6 Å². The second-order valence-corrected chi connectivity index (χ2v) is 3.40. The van der Waals surface area contributed by atoms with E-state index in [9.17, 15) is 13.6 Å². The lowest BCUT2D eigenvalue weighted by Gasteiger charge is -2.04. The third-order valence-corrected chi connectivity index (χ3v) is 2.27. The van der Waals surface area contributed by atoms with Gasteiger partial charge < -0.3 is 4.79 Å². The molecule has 0 saturated carbocycles. The van der Waals surface area contributed by atoms with Gasteiger partial charge in [0.2, 0.25) is 0 Å². The third-order valence-electron chi connectivity index (χ3n) is 1.87. The molecule has 1 aromatic carbocycles. The molecule has 1 nitrogen and oxygen atoms in total. The SMILES string of the molecule is CC(=O)CCc1c(F)ccc(F)c1Cl. The van der Waals surface area contributed by atoms with Gasteiger partial charge in [-0.25, -0.2) is 8.78 Å². The van der Waals surface area contributed by atoms with E-state index in [1.807, 2.05) is 0 Å². The largest absolute Gasteiger partial charge is 0.300 e. The van der Waals surface area contributed by atoms with Crippen molar-refractivity contribution < 1.29 is 13.6 Å². The minimum atomic E-state index is -0.661. The topological polar surface area (TPSA) is 17.1 Å². The fourth-order valence-corrected chi connectivity index (χ4v) is 1.35. The molecule has 0 aliphatic carbocycles. The van der Waals surface area contributed by atoms with Crippen molar-refractivity contribution in [3.8, 4) is 0 Å².